The molecule has 0 amide bonds. The van der Waals surface area contributed by atoms with E-state index >= 15 is 0 Å². The number of hydrogen-bond donors (Lipinski definition) is 2. The highest BCUT2D eigenvalue weighted by Crippen LogP contribution is 2.30. The first kappa shape index (κ1) is 38.2. The van der Waals surface area contributed by atoms with Crippen molar-refractivity contribution in [2.45, 2.75) is 18.3 Å². The van der Waals surface area contributed by atoms with Crippen molar-refractivity contribution in [2.24, 2.45) is 0 Å². The molecule has 0 aromatic heterocycles. The maximum absolute atomic E-state index is 11.0. The SMILES string of the molecule is Clc1ccc([C@@H]2CO2)cc1.O=C(CBr)c1ccc(Cl)cc1.O[C@@H](CBr)c1ccc(Cl)cc1.O[C@@H](CBr)c1ccc(Cl)cc1. The van der Waals surface area contributed by atoms with E-state index in [4.69, 9.17) is 51.1 Å². The zero-order valence-corrected chi connectivity index (χ0v) is 30.4. The first-order chi connectivity index (χ1) is 20.6. The number of halogens is 7. The molecule has 3 atom stereocenters. The Hall–Kier alpha value is -0.970. The van der Waals surface area contributed by atoms with Crippen molar-refractivity contribution < 1.29 is 19.7 Å². The molecule has 1 fully saturated rings. The third-order valence-electron chi connectivity index (χ3n) is 5.66. The van der Waals surface area contributed by atoms with E-state index in [0.29, 0.717) is 42.7 Å². The molecular formula is C32H29Br3Cl4O4. The van der Waals surface area contributed by atoms with E-state index in [0.717, 1.165) is 22.8 Å². The minimum atomic E-state index is -0.438. The molecule has 230 valence electrons. The Morgan fingerprint density at radius 3 is 1.28 bits per heavy atom. The van der Waals surface area contributed by atoms with E-state index in [9.17, 15) is 15.0 Å². The zero-order chi connectivity index (χ0) is 31.8. The topological polar surface area (TPSA) is 70.1 Å². The van der Waals surface area contributed by atoms with E-state index in [-0.39, 0.29) is 5.78 Å². The molecule has 4 nitrogen and oxygen atoms in total. The van der Waals surface area contributed by atoms with Crippen molar-refractivity contribution in [1.29, 1.82) is 0 Å². The Bertz CT molecular complexity index is 1300. The number of aliphatic hydroxyl groups is 2. The molecule has 0 saturated carbocycles. The number of aliphatic hydroxyl groups excluding tert-OH is 2. The van der Waals surface area contributed by atoms with Crippen molar-refractivity contribution in [1.82, 2.24) is 0 Å². The minimum Gasteiger partial charge on any atom is -0.388 e. The normalized spacial score (nSPS) is 14.4. The molecule has 1 aliphatic rings. The summed E-state index contributed by atoms with van der Waals surface area (Å²) in [5.74, 6) is 0.0710. The maximum atomic E-state index is 11.0. The van der Waals surface area contributed by atoms with E-state index in [1.165, 1.54) is 5.56 Å². The van der Waals surface area contributed by atoms with E-state index in [2.05, 4.69) is 47.8 Å². The molecule has 11 heteroatoms. The quantitative estimate of drug-likeness (QED) is 0.110. The van der Waals surface area contributed by atoms with E-state index in [1.54, 1.807) is 48.5 Å². The van der Waals surface area contributed by atoms with Crippen LogP contribution in [-0.2, 0) is 4.74 Å². The van der Waals surface area contributed by atoms with Gasteiger partial charge in [0, 0.05) is 36.3 Å². The van der Waals surface area contributed by atoms with Crippen LogP contribution in [0.2, 0.25) is 20.1 Å². The second-order valence-electron chi connectivity index (χ2n) is 8.88. The van der Waals surface area contributed by atoms with Gasteiger partial charge in [-0.3, -0.25) is 4.79 Å². The summed E-state index contributed by atoms with van der Waals surface area (Å²) in [5.41, 5.74) is 3.67. The molecule has 0 radical (unpaired) electrons. The average Bonchev–Trinajstić information content (AvgIpc) is 3.88. The summed E-state index contributed by atoms with van der Waals surface area (Å²) in [7, 11) is 0. The first-order valence-corrected chi connectivity index (χ1v) is 17.7. The molecule has 43 heavy (non-hydrogen) atoms. The van der Waals surface area contributed by atoms with Crippen LogP contribution in [0.1, 0.15) is 45.4 Å². The van der Waals surface area contributed by atoms with Crippen LogP contribution in [0.4, 0.5) is 0 Å². The summed E-state index contributed by atoms with van der Waals surface area (Å²) in [6.45, 7) is 0.863. The lowest BCUT2D eigenvalue weighted by Gasteiger charge is -2.05. The number of rotatable bonds is 7. The smallest absolute Gasteiger partial charge is 0.173 e. The highest BCUT2D eigenvalue weighted by atomic mass is 79.9. The molecule has 5 rings (SSSR count). The van der Waals surface area contributed by atoms with Crippen molar-refractivity contribution in [3.05, 3.63) is 139 Å². The molecule has 0 bridgehead atoms. The van der Waals surface area contributed by atoms with Gasteiger partial charge in [0.15, 0.2) is 5.78 Å². The predicted molar refractivity (Wildman–Crippen MR) is 190 cm³/mol. The molecule has 0 unspecified atom stereocenters. The number of carbonyl (C=O) groups is 1. The molecule has 1 saturated heterocycles. The van der Waals surface area contributed by atoms with Gasteiger partial charge in [0.2, 0.25) is 0 Å². The van der Waals surface area contributed by atoms with Gasteiger partial charge < -0.3 is 14.9 Å². The predicted octanol–water partition coefficient (Wildman–Crippen LogP) is 10.9. The lowest BCUT2D eigenvalue weighted by Crippen LogP contribution is -1.98. The number of Topliss-reactive ketones (excluding diaryl/α,β-unsaturated/α-hetero) is 1. The second kappa shape index (κ2) is 20.9. The fraction of sp³-hybridized carbons (Fsp3) is 0.219. The van der Waals surface area contributed by atoms with Crippen LogP contribution in [0.15, 0.2) is 97.1 Å². The third kappa shape index (κ3) is 15.2. The van der Waals surface area contributed by atoms with Crippen LogP contribution in [-0.4, -0.2) is 38.6 Å². The largest absolute Gasteiger partial charge is 0.388 e. The van der Waals surface area contributed by atoms with Crippen LogP contribution in [0.5, 0.6) is 0 Å². The van der Waals surface area contributed by atoms with Crippen molar-refractivity contribution >= 4 is 100.0 Å². The van der Waals surface area contributed by atoms with Gasteiger partial charge in [0.05, 0.1) is 24.1 Å². The lowest BCUT2D eigenvalue weighted by molar-refractivity contribution is 0.102. The van der Waals surface area contributed by atoms with E-state index < -0.39 is 12.2 Å². The Labute approximate surface area is 297 Å². The van der Waals surface area contributed by atoms with Crippen LogP contribution < -0.4 is 0 Å². The summed E-state index contributed by atoms with van der Waals surface area (Å²) in [6, 6.07) is 28.9. The summed E-state index contributed by atoms with van der Waals surface area (Å²) in [6.07, 6.45) is -0.531. The number of ether oxygens (including phenoxy) is 1. The van der Waals surface area contributed by atoms with Gasteiger partial charge in [0.25, 0.3) is 0 Å². The molecule has 4 aromatic rings. The molecule has 1 aliphatic heterocycles. The van der Waals surface area contributed by atoms with Crippen LogP contribution in [0.25, 0.3) is 0 Å². The Morgan fingerprint density at radius 2 is 0.977 bits per heavy atom. The molecule has 4 aromatic carbocycles. The molecular weight excluding hydrogens is 830 g/mol. The highest BCUT2D eigenvalue weighted by molar-refractivity contribution is 9.09. The van der Waals surface area contributed by atoms with Gasteiger partial charge in [0.1, 0.15) is 6.10 Å². The Kier molecular flexibility index (Phi) is 18.6. The van der Waals surface area contributed by atoms with E-state index in [1.807, 2.05) is 48.5 Å². The van der Waals surface area contributed by atoms with Crippen LogP contribution in [0, 0.1) is 0 Å². The standard InChI is InChI=1S/2C8H8BrClO.C8H6BrClO.C8H7ClO/c3*9-5-8(11)6-1-3-7(10)4-2-6;9-7-3-1-6(2-4-7)8-5-10-8/h2*1-4,8,11H,5H2;1-4H,5H2;1-4,8H,5H2/t2*8-;;8-/m00.0/s1. The highest BCUT2D eigenvalue weighted by Gasteiger charge is 2.24. The zero-order valence-electron chi connectivity index (χ0n) is 22.7. The number of alkyl halides is 3. The second-order valence-corrected chi connectivity index (χ2v) is 12.5. The monoisotopic (exact) mass is 854 g/mol. The Morgan fingerprint density at radius 1 is 0.651 bits per heavy atom. The van der Waals surface area contributed by atoms with Crippen molar-refractivity contribution in [3.8, 4) is 0 Å². The number of ketones is 1. The molecule has 1 heterocycles. The molecule has 0 spiro atoms. The molecule has 2 N–H and O–H groups in total. The van der Waals surface area contributed by atoms with Crippen molar-refractivity contribution in [3.63, 3.8) is 0 Å². The summed E-state index contributed by atoms with van der Waals surface area (Å²) in [5, 5.41) is 22.9. The summed E-state index contributed by atoms with van der Waals surface area (Å²) in [4.78, 5) is 11.0. The fourth-order valence-corrected chi connectivity index (χ4v) is 4.75. The van der Waals surface area contributed by atoms with Crippen molar-refractivity contribution in [2.75, 3.05) is 22.6 Å². The number of benzene rings is 4. The van der Waals surface area contributed by atoms with Gasteiger partial charge in [-0.1, -0.05) is 131 Å². The lowest BCUT2D eigenvalue weighted by atomic mass is 10.1. The number of hydrogen-bond acceptors (Lipinski definition) is 4. The van der Waals surface area contributed by atoms with Gasteiger partial charge in [-0.2, -0.15) is 0 Å². The maximum Gasteiger partial charge on any atom is 0.173 e. The molecule has 0 aliphatic carbocycles. The van der Waals surface area contributed by atoms with Gasteiger partial charge in [-0.15, -0.1) is 0 Å². The number of epoxide rings is 1. The Balaban J connectivity index is 0.000000200. The minimum absolute atomic E-state index is 0.0710. The van der Waals surface area contributed by atoms with Crippen LogP contribution in [0.3, 0.4) is 0 Å². The van der Waals surface area contributed by atoms with Gasteiger partial charge >= 0.3 is 0 Å². The first-order valence-electron chi connectivity index (χ1n) is 12.8. The number of carbonyl (C=O) groups excluding carboxylic acids is 1. The summed E-state index contributed by atoms with van der Waals surface area (Å²) < 4.78 is 5.09. The van der Waals surface area contributed by atoms with Gasteiger partial charge in [-0.05, 0) is 77.4 Å². The average molecular weight is 859 g/mol. The summed E-state index contributed by atoms with van der Waals surface area (Å²) >= 11 is 32.1. The fourth-order valence-electron chi connectivity index (χ4n) is 3.18. The van der Waals surface area contributed by atoms with Crippen LogP contribution >= 0.6 is 94.2 Å². The third-order valence-corrected chi connectivity index (χ3v) is 8.41. The van der Waals surface area contributed by atoms with Gasteiger partial charge in [-0.25, -0.2) is 0 Å².